The maximum atomic E-state index is 13.4. The summed E-state index contributed by atoms with van der Waals surface area (Å²) in [5.41, 5.74) is 4.25. The molecule has 1 unspecified atom stereocenters. The van der Waals surface area contributed by atoms with E-state index < -0.39 is 6.04 Å². The Labute approximate surface area is 194 Å². The maximum Gasteiger partial charge on any atom is 0.242 e. The highest BCUT2D eigenvalue weighted by Gasteiger charge is 2.28. The molecule has 1 aliphatic carbocycles. The number of nitrogens with zero attached hydrogens (tertiary/aromatic N) is 1. The molecule has 1 saturated carbocycles. The lowest BCUT2D eigenvalue weighted by molar-refractivity contribution is -0.140. The Hall–Kier alpha value is -2.14. The summed E-state index contributed by atoms with van der Waals surface area (Å²) in [6, 6.07) is 13.8. The van der Waals surface area contributed by atoms with E-state index in [0.717, 1.165) is 52.4 Å². The largest absolute Gasteiger partial charge is 0.352 e. The first-order chi connectivity index (χ1) is 14.8. The van der Waals surface area contributed by atoms with Crippen LogP contribution in [-0.4, -0.2) is 28.8 Å². The second-order valence-corrected chi connectivity index (χ2v) is 9.69. The van der Waals surface area contributed by atoms with E-state index >= 15 is 0 Å². The third kappa shape index (κ3) is 6.67. The van der Waals surface area contributed by atoms with Crippen molar-refractivity contribution in [1.82, 2.24) is 10.2 Å². The molecule has 0 saturated heterocycles. The van der Waals surface area contributed by atoms with E-state index in [1.807, 2.05) is 45.0 Å². The molecule has 0 heterocycles. The number of aryl methyl sites for hydroxylation is 2. The minimum absolute atomic E-state index is 0.0278. The number of benzene rings is 2. The van der Waals surface area contributed by atoms with Crippen molar-refractivity contribution in [2.24, 2.45) is 0 Å². The van der Waals surface area contributed by atoms with Crippen LogP contribution in [0.5, 0.6) is 0 Å². The fraction of sp³-hybridized carbons (Fsp3) is 0.462. The molecule has 2 aromatic rings. The molecule has 0 spiro atoms. The molecule has 5 heteroatoms. The van der Waals surface area contributed by atoms with Crippen molar-refractivity contribution < 1.29 is 9.59 Å². The topological polar surface area (TPSA) is 49.4 Å². The van der Waals surface area contributed by atoms with Gasteiger partial charge < -0.3 is 10.2 Å². The van der Waals surface area contributed by atoms with Crippen molar-refractivity contribution in [2.75, 3.05) is 0 Å². The van der Waals surface area contributed by atoms with Crippen molar-refractivity contribution in [3.63, 3.8) is 0 Å². The van der Waals surface area contributed by atoms with Crippen LogP contribution in [0.4, 0.5) is 0 Å². The number of halogens is 1. The Morgan fingerprint density at radius 1 is 1.10 bits per heavy atom. The van der Waals surface area contributed by atoms with Crippen LogP contribution in [0.1, 0.15) is 61.3 Å². The van der Waals surface area contributed by atoms with Gasteiger partial charge in [0.05, 0.1) is 6.42 Å². The number of hydrogen-bond donors (Lipinski definition) is 1. The molecule has 1 fully saturated rings. The van der Waals surface area contributed by atoms with Gasteiger partial charge >= 0.3 is 0 Å². The molecule has 1 aliphatic rings. The van der Waals surface area contributed by atoms with Gasteiger partial charge in [0, 0.05) is 17.1 Å². The molecule has 2 aromatic carbocycles. The van der Waals surface area contributed by atoms with Crippen LogP contribution in [0.15, 0.2) is 46.9 Å². The van der Waals surface area contributed by atoms with Gasteiger partial charge in [0.25, 0.3) is 0 Å². The molecular weight excluding hydrogens is 452 g/mol. The van der Waals surface area contributed by atoms with E-state index in [1.54, 1.807) is 4.90 Å². The van der Waals surface area contributed by atoms with Crippen molar-refractivity contribution in [2.45, 2.75) is 77.9 Å². The van der Waals surface area contributed by atoms with Gasteiger partial charge in [0.15, 0.2) is 0 Å². The van der Waals surface area contributed by atoms with Crippen LogP contribution >= 0.6 is 15.9 Å². The Balaban J connectivity index is 1.79. The van der Waals surface area contributed by atoms with Gasteiger partial charge in [-0.15, -0.1) is 0 Å². The third-order valence-electron chi connectivity index (χ3n) is 6.21. The zero-order valence-corrected chi connectivity index (χ0v) is 20.4. The van der Waals surface area contributed by atoms with E-state index in [1.165, 1.54) is 6.42 Å². The fourth-order valence-corrected chi connectivity index (χ4v) is 4.69. The van der Waals surface area contributed by atoms with Gasteiger partial charge in [-0.05, 0) is 62.4 Å². The predicted molar refractivity (Wildman–Crippen MR) is 129 cm³/mol. The van der Waals surface area contributed by atoms with E-state index in [9.17, 15) is 9.59 Å². The summed E-state index contributed by atoms with van der Waals surface area (Å²) in [6.45, 7) is 6.31. The van der Waals surface area contributed by atoms with E-state index in [0.29, 0.717) is 13.0 Å². The molecule has 1 atom stereocenters. The molecule has 3 rings (SSSR count). The predicted octanol–water partition coefficient (Wildman–Crippen LogP) is 5.47. The lowest BCUT2D eigenvalue weighted by Gasteiger charge is -2.31. The zero-order valence-electron chi connectivity index (χ0n) is 18.8. The number of carbonyl (C=O) groups excluding carboxylic acids is 2. The summed E-state index contributed by atoms with van der Waals surface area (Å²) >= 11 is 3.51. The van der Waals surface area contributed by atoms with Crippen LogP contribution in [0.3, 0.4) is 0 Å². The van der Waals surface area contributed by atoms with Crippen molar-refractivity contribution in [3.8, 4) is 0 Å². The molecule has 2 amide bonds. The molecule has 4 nitrogen and oxygen atoms in total. The second-order valence-electron chi connectivity index (χ2n) is 8.78. The number of amides is 2. The molecule has 166 valence electrons. The summed E-state index contributed by atoms with van der Waals surface area (Å²) in [6.07, 6.45) is 5.91. The van der Waals surface area contributed by atoms with Crippen LogP contribution in [0, 0.1) is 13.8 Å². The Morgan fingerprint density at radius 2 is 1.84 bits per heavy atom. The Kier molecular flexibility index (Phi) is 8.30. The molecule has 0 aliphatic heterocycles. The Bertz CT molecular complexity index is 921. The molecule has 1 N–H and O–H groups in total. The molecule has 0 bridgehead atoms. The monoisotopic (exact) mass is 484 g/mol. The third-order valence-corrected chi connectivity index (χ3v) is 6.70. The number of nitrogens with one attached hydrogen (secondary N) is 1. The van der Waals surface area contributed by atoms with Gasteiger partial charge in [-0.25, -0.2) is 0 Å². The highest BCUT2D eigenvalue weighted by Crippen LogP contribution is 2.20. The number of rotatable bonds is 7. The Morgan fingerprint density at radius 3 is 2.55 bits per heavy atom. The van der Waals surface area contributed by atoms with Crippen LogP contribution in [-0.2, 0) is 22.6 Å². The summed E-state index contributed by atoms with van der Waals surface area (Å²) in [5.74, 6) is -0.0869. The van der Waals surface area contributed by atoms with Crippen molar-refractivity contribution in [3.05, 3.63) is 69.2 Å². The van der Waals surface area contributed by atoms with Crippen LogP contribution < -0.4 is 5.32 Å². The van der Waals surface area contributed by atoms with Gasteiger partial charge in [-0.1, -0.05) is 71.1 Å². The standard InChI is InChI=1S/C26H33BrN2O2/c1-18-12-13-19(2)22(14-18)16-25(30)29(17-21-8-7-9-23(27)15-21)20(3)26(31)28-24-10-5-4-6-11-24/h7-9,12-15,20,24H,4-6,10-11,16-17H2,1-3H3,(H,28,31). The fourth-order valence-electron chi connectivity index (χ4n) is 4.24. The summed E-state index contributed by atoms with van der Waals surface area (Å²) in [4.78, 5) is 28.2. The second kappa shape index (κ2) is 10.9. The zero-order chi connectivity index (χ0) is 22.4. The van der Waals surface area contributed by atoms with Gasteiger partial charge in [0.2, 0.25) is 11.8 Å². The molecule has 0 aromatic heterocycles. The minimum atomic E-state index is -0.529. The first kappa shape index (κ1) is 23.5. The molecule has 0 radical (unpaired) electrons. The first-order valence-electron chi connectivity index (χ1n) is 11.2. The van der Waals surface area contributed by atoms with Crippen LogP contribution in [0.2, 0.25) is 0 Å². The smallest absolute Gasteiger partial charge is 0.242 e. The van der Waals surface area contributed by atoms with Gasteiger partial charge in [-0.2, -0.15) is 0 Å². The number of hydrogen-bond acceptors (Lipinski definition) is 2. The summed E-state index contributed by atoms with van der Waals surface area (Å²) < 4.78 is 0.964. The minimum Gasteiger partial charge on any atom is -0.352 e. The normalized spacial score (nSPS) is 15.4. The van der Waals surface area contributed by atoms with E-state index in [-0.39, 0.29) is 17.9 Å². The average molecular weight is 485 g/mol. The SMILES string of the molecule is Cc1ccc(C)c(CC(=O)N(Cc2cccc(Br)c2)C(C)C(=O)NC2CCCCC2)c1. The average Bonchev–Trinajstić information content (AvgIpc) is 2.75. The van der Waals surface area contributed by atoms with Crippen molar-refractivity contribution in [1.29, 1.82) is 0 Å². The van der Waals surface area contributed by atoms with E-state index in [4.69, 9.17) is 0 Å². The van der Waals surface area contributed by atoms with Gasteiger partial charge in [0.1, 0.15) is 6.04 Å². The highest BCUT2D eigenvalue weighted by molar-refractivity contribution is 9.10. The lowest BCUT2D eigenvalue weighted by Crippen LogP contribution is -2.50. The van der Waals surface area contributed by atoms with Crippen LogP contribution in [0.25, 0.3) is 0 Å². The van der Waals surface area contributed by atoms with Crippen molar-refractivity contribution >= 4 is 27.7 Å². The molecule has 31 heavy (non-hydrogen) atoms. The quantitative estimate of drug-likeness (QED) is 0.565. The highest BCUT2D eigenvalue weighted by atomic mass is 79.9. The lowest BCUT2D eigenvalue weighted by atomic mass is 9.95. The first-order valence-corrected chi connectivity index (χ1v) is 12.0. The van der Waals surface area contributed by atoms with Gasteiger partial charge in [-0.3, -0.25) is 9.59 Å². The summed E-state index contributed by atoms with van der Waals surface area (Å²) in [5, 5.41) is 3.19. The maximum absolute atomic E-state index is 13.4. The summed E-state index contributed by atoms with van der Waals surface area (Å²) in [7, 11) is 0. The number of carbonyl (C=O) groups is 2. The van der Waals surface area contributed by atoms with E-state index in [2.05, 4.69) is 39.4 Å². The molecular formula is C26H33BrN2O2.